The van der Waals surface area contributed by atoms with E-state index < -0.39 is 17.9 Å². The van der Waals surface area contributed by atoms with Crippen molar-refractivity contribution in [3.05, 3.63) is 35.9 Å². The van der Waals surface area contributed by atoms with E-state index in [0.29, 0.717) is 0 Å². The van der Waals surface area contributed by atoms with Crippen molar-refractivity contribution >= 4 is 12.0 Å². The van der Waals surface area contributed by atoms with Gasteiger partial charge >= 0.3 is 6.09 Å². The summed E-state index contributed by atoms with van der Waals surface area (Å²) in [4.78, 5) is 24.6. The molecule has 0 aromatic heterocycles. The molecule has 0 radical (unpaired) electrons. The van der Waals surface area contributed by atoms with Gasteiger partial charge in [0.1, 0.15) is 12.6 Å². The Kier molecular flexibility index (Phi) is 9.09. The summed E-state index contributed by atoms with van der Waals surface area (Å²) >= 11 is 0. The highest BCUT2D eigenvalue weighted by Crippen LogP contribution is 2.11. The summed E-state index contributed by atoms with van der Waals surface area (Å²) in [5.74, 6) is -1.30. The molecule has 0 saturated heterocycles. The van der Waals surface area contributed by atoms with Crippen LogP contribution < -0.4 is 10.6 Å². The molecule has 0 unspecified atom stereocenters. The minimum atomic E-state index is -0.927. The van der Waals surface area contributed by atoms with Gasteiger partial charge < -0.3 is 24.8 Å². The van der Waals surface area contributed by atoms with Crippen molar-refractivity contribution in [3.8, 4) is 0 Å². The van der Waals surface area contributed by atoms with E-state index >= 15 is 0 Å². The fraction of sp³-hybridized carbons (Fsp3) is 0.579. The first-order valence-electron chi connectivity index (χ1n) is 8.70. The van der Waals surface area contributed by atoms with E-state index in [1.54, 1.807) is 6.92 Å². The van der Waals surface area contributed by atoms with Gasteiger partial charge in [-0.3, -0.25) is 4.79 Å². The van der Waals surface area contributed by atoms with E-state index in [0.717, 1.165) is 12.0 Å². The average molecular weight is 366 g/mol. The maximum absolute atomic E-state index is 12.5. The van der Waals surface area contributed by atoms with Gasteiger partial charge in [-0.25, -0.2) is 4.79 Å². The first kappa shape index (κ1) is 21.9. The van der Waals surface area contributed by atoms with Crippen LogP contribution in [-0.4, -0.2) is 44.6 Å². The van der Waals surface area contributed by atoms with Gasteiger partial charge in [-0.15, -0.1) is 0 Å². The van der Waals surface area contributed by atoms with Crippen LogP contribution in [0.25, 0.3) is 0 Å². The van der Waals surface area contributed by atoms with Gasteiger partial charge in [-0.1, -0.05) is 50.6 Å². The Morgan fingerprint density at radius 1 is 1.15 bits per heavy atom. The van der Waals surface area contributed by atoms with Crippen molar-refractivity contribution in [2.45, 2.75) is 45.6 Å². The highest BCUT2D eigenvalue weighted by molar-refractivity contribution is 5.85. The number of hydrogen-bond donors (Lipinski definition) is 2. The lowest BCUT2D eigenvalue weighted by Crippen LogP contribution is -2.53. The van der Waals surface area contributed by atoms with Crippen molar-refractivity contribution in [2.24, 2.45) is 5.92 Å². The monoisotopic (exact) mass is 366 g/mol. The molecule has 0 aliphatic rings. The zero-order valence-electron chi connectivity index (χ0n) is 16.2. The highest BCUT2D eigenvalue weighted by atomic mass is 16.7. The average Bonchev–Trinajstić information content (AvgIpc) is 2.68. The lowest BCUT2D eigenvalue weighted by Gasteiger charge is -2.29. The van der Waals surface area contributed by atoms with Crippen LogP contribution in [-0.2, 0) is 25.6 Å². The van der Waals surface area contributed by atoms with Crippen LogP contribution in [0.3, 0.4) is 0 Å². The quantitative estimate of drug-likeness (QED) is 0.621. The number of rotatable bonds is 10. The second-order valence-corrected chi connectivity index (χ2v) is 6.33. The molecule has 0 heterocycles. The molecule has 1 rings (SSSR count). The van der Waals surface area contributed by atoms with Gasteiger partial charge in [-0.2, -0.15) is 0 Å². The van der Waals surface area contributed by atoms with Gasteiger partial charge in [0.2, 0.25) is 5.91 Å². The third-order valence-corrected chi connectivity index (χ3v) is 4.43. The number of methoxy groups -OCH3 is 2. The summed E-state index contributed by atoms with van der Waals surface area (Å²) in [6.07, 6.45) is 0.0960. The minimum Gasteiger partial charge on any atom is -0.445 e. The molecular weight excluding hydrogens is 336 g/mol. The van der Waals surface area contributed by atoms with Crippen LogP contribution in [0.5, 0.6) is 0 Å². The van der Waals surface area contributed by atoms with Crippen molar-refractivity contribution in [1.29, 1.82) is 0 Å². The number of alkyl carbamates (subject to hydrolysis) is 1. The molecule has 146 valence electrons. The van der Waals surface area contributed by atoms with Crippen LogP contribution in [0.2, 0.25) is 0 Å². The fourth-order valence-corrected chi connectivity index (χ4v) is 2.18. The summed E-state index contributed by atoms with van der Waals surface area (Å²) in [7, 11) is 3.00. The molecule has 7 nitrogen and oxygen atoms in total. The van der Waals surface area contributed by atoms with Crippen molar-refractivity contribution in [3.63, 3.8) is 0 Å². The van der Waals surface area contributed by atoms with Crippen LogP contribution in [0.15, 0.2) is 30.3 Å². The Hall–Kier alpha value is -2.12. The van der Waals surface area contributed by atoms with Gasteiger partial charge in [0.15, 0.2) is 5.79 Å². The Labute approximate surface area is 155 Å². The number of hydrogen-bond acceptors (Lipinski definition) is 5. The summed E-state index contributed by atoms with van der Waals surface area (Å²) < 4.78 is 15.7. The van der Waals surface area contributed by atoms with Crippen LogP contribution in [0, 0.1) is 5.92 Å². The summed E-state index contributed by atoms with van der Waals surface area (Å²) in [6.45, 7) is 5.87. The zero-order valence-corrected chi connectivity index (χ0v) is 16.2. The Morgan fingerprint density at radius 2 is 1.77 bits per heavy atom. The lowest BCUT2D eigenvalue weighted by molar-refractivity contribution is -0.190. The molecule has 2 atom stereocenters. The first-order chi connectivity index (χ1) is 12.3. The molecule has 0 fully saturated rings. The summed E-state index contributed by atoms with van der Waals surface area (Å²) in [5.41, 5.74) is 0.878. The van der Waals surface area contributed by atoms with Gasteiger partial charge in [-0.05, 0) is 18.4 Å². The van der Waals surface area contributed by atoms with E-state index in [1.165, 1.54) is 14.2 Å². The van der Waals surface area contributed by atoms with E-state index in [4.69, 9.17) is 14.2 Å². The summed E-state index contributed by atoms with van der Waals surface area (Å²) in [5, 5.41) is 5.42. The second kappa shape index (κ2) is 10.8. The third kappa shape index (κ3) is 7.01. The fourth-order valence-electron chi connectivity index (χ4n) is 2.18. The molecule has 0 aliphatic heterocycles. The minimum absolute atomic E-state index is 0.0596. The maximum atomic E-state index is 12.5. The topological polar surface area (TPSA) is 85.9 Å². The molecule has 26 heavy (non-hydrogen) atoms. The lowest BCUT2D eigenvalue weighted by atomic mass is 9.98. The molecule has 1 aromatic rings. The van der Waals surface area contributed by atoms with Crippen LogP contribution in [0.4, 0.5) is 4.79 Å². The number of carbonyl (C=O) groups is 2. The van der Waals surface area contributed by atoms with Crippen molar-refractivity contribution < 1.29 is 23.8 Å². The largest absolute Gasteiger partial charge is 0.445 e. The summed E-state index contributed by atoms with van der Waals surface area (Å²) in [6, 6.07) is 8.65. The molecule has 0 spiro atoms. The number of nitrogens with one attached hydrogen (secondary N) is 2. The molecular formula is C19H30N2O5. The Bertz CT molecular complexity index is 560. The standard InChI is InChI=1S/C19H30N2O5/c1-6-14(2)16(17(22)20-13-19(3,24-4)25-5)21-18(23)26-12-15-10-8-7-9-11-15/h7-11,14,16H,6,12-13H2,1-5H3,(H,20,22)(H,21,23)/t14-,16-/m0/s1. The molecule has 2 amide bonds. The van der Waals surface area contributed by atoms with Gasteiger partial charge in [0, 0.05) is 14.2 Å². The van der Waals surface area contributed by atoms with E-state index in [9.17, 15) is 9.59 Å². The van der Waals surface area contributed by atoms with Crippen molar-refractivity contribution in [2.75, 3.05) is 20.8 Å². The zero-order chi connectivity index (χ0) is 19.6. The van der Waals surface area contributed by atoms with Gasteiger partial charge in [0.05, 0.1) is 6.54 Å². The molecule has 0 bridgehead atoms. The van der Waals surface area contributed by atoms with Crippen molar-refractivity contribution in [1.82, 2.24) is 10.6 Å². The maximum Gasteiger partial charge on any atom is 0.408 e. The molecule has 2 N–H and O–H groups in total. The SMILES string of the molecule is CC[C@H](C)[C@H](NC(=O)OCc1ccccc1)C(=O)NCC(C)(OC)OC. The Balaban J connectivity index is 2.62. The van der Waals surface area contributed by atoms with Crippen LogP contribution in [0.1, 0.15) is 32.8 Å². The molecule has 7 heteroatoms. The van der Waals surface area contributed by atoms with Crippen LogP contribution >= 0.6 is 0 Å². The van der Waals surface area contributed by atoms with E-state index in [-0.39, 0.29) is 25.0 Å². The molecule has 0 aliphatic carbocycles. The molecule has 1 aromatic carbocycles. The third-order valence-electron chi connectivity index (χ3n) is 4.43. The first-order valence-corrected chi connectivity index (χ1v) is 8.70. The number of ether oxygens (including phenoxy) is 3. The number of benzene rings is 1. The number of amides is 2. The number of carbonyl (C=O) groups excluding carboxylic acids is 2. The molecule has 0 saturated carbocycles. The predicted octanol–water partition coefficient (Wildman–Crippen LogP) is 2.45. The predicted molar refractivity (Wildman–Crippen MR) is 98.4 cm³/mol. The van der Waals surface area contributed by atoms with E-state index in [2.05, 4.69) is 10.6 Å². The normalized spacial score (nSPS) is 13.6. The highest BCUT2D eigenvalue weighted by Gasteiger charge is 2.29. The van der Waals surface area contributed by atoms with Gasteiger partial charge in [0.25, 0.3) is 0 Å². The Morgan fingerprint density at radius 3 is 2.31 bits per heavy atom. The van der Waals surface area contributed by atoms with E-state index in [1.807, 2.05) is 44.2 Å². The second-order valence-electron chi connectivity index (χ2n) is 6.33. The smallest absolute Gasteiger partial charge is 0.408 e.